The zero-order chi connectivity index (χ0) is 11.5. The lowest BCUT2D eigenvalue weighted by atomic mass is 10.1. The van der Waals surface area contributed by atoms with Crippen LogP contribution in [0.2, 0.25) is 5.02 Å². The molecule has 2 rings (SSSR count). The number of hydrogen-bond acceptors (Lipinski definition) is 4. The first-order valence-corrected chi connectivity index (χ1v) is 5.11. The van der Waals surface area contributed by atoms with Crippen molar-refractivity contribution in [2.45, 2.75) is 6.04 Å². The van der Waals surface area contributed by atoms with Gasteiger partial charge < -0.3 is 10.8 Å². The second-order valence-electron chi connectivity index (χ2n) is 3.34. The molecular formula is C10H12Cl2N4O. The Hall–Kier alpha value is -1.14. The summed E-state index contributed by atoms with van der Waals surface area (Å²) in [5.74, 6) is 0. The average molecular weight is 275 g/mol. The van der Waals surface area contributed by atoms with E-state index in [2.05, 4.69) is 10.1 Å². The third kappa shape index (κ3) is 2.95. The molecule has 1 atom stereocenters. The summed E-state index contributed by atoms with van der Waals surface area (Å²) in [6, 6.07) is 4.88. The van der Waals surface area contributed by atoms with Gasteiger partial charge in [0.2, 0.25) is 0 Å². The number of aliphatic hydroxyl groups excluding tert-OH is 1. The van der Waals surface area contributed by atoms with E-state index in [-0.39, 0.29) is 19.0 Å². The number of hydrogen-bond donors (Lipinski definition) is 2. The minimum absolute atomic E-state index is 0. The van der Waals surface area contributed by atoms with Gasteiger partial charge in [-0.15, -0.1) is 12.4 Å². The lowest BCUT2D eigenvalue weighted by molar-refractivity contribution is 0.268. The highest BCUT2D eigenvalue weighted by Crippen LogP contribution is 2.23. The van der Waals surface area contributed by atoms with Crippen molar-refractivity contribution in [2.24, 2.45) is 5.73 Å². The molecule has 0 unspecified atom stereocenters. The molecule has 0 bridgehead atoms. The first-order chi connectivity index (χ1) is 7.72. The van der Waals surface area contributed by atoms with Crippen LogP contribution in [0.15, 0.2) is 30.9 Å². The topological polar surface area (TPSA) is 77.0 Å². The maximum absolute atomic E-state index is 8.99. The summed E-state index contributed by atoms with van der Waals surface area (Å²) >= 11 is 6.04. The monoisotopic (exact) mass is 274 g/mol. The molecule has 0 aliphatic heterocycles. The molecule has 0 saturated heterocycles. The Bertz CT molecular complexity index is 475. The number of halogens is 2. The summed E-state index contributed by atoms with van der Waals surface area (Å²) in [5, 5.41) is 13.5. The van der Waals surface area contributed by atoms with Crippen molar-refractivity contribution in [1.29, 1.82) is 0 Å². The molecule has 0 amide bonds. The fourth-order valence-corrected chi connectivity index (χ4v) is 1.58. The number of rotatable bonds is 3. The first-order valence-electron chi connectivity index (χ1n) is 4.73. The van der Waals surface area contributed by atoms with Gasteiger partial charge in [0.1, 0.15) is 12.7 Å². The summed E-state index contributed by atoms with van der Waals surface area (Å²) in [6.45, 7) is -0.113. The van der Waals surface area contributed by atoms with E-state index in [1.807, 2.05) is 0 Å². The SMILES string of the molecule is Cl.N[C@H](CO)c1ccc(Cl)c(-n2cncn2)c1. The summed E-state index contributed by atoms with van der Waals surface area (Å²) in [5.41, 5.74) is 7.23. The molecule has 3 N–H and O–H groups in total. The molecule has 1 aromatic carbocycles. The van der Waals surface area contributed by atoms with Crippen molar-refractivity contribution >= 4 is 24.0 Å². The van der Waals surface area contributed by atoms with Crippen molar-refractivity contribution in [3.63, 3.8) is 0 Å². The Morgan fingerprint density at radius 3 is 2.82 bits per heavy atom. The molecule has 17 heavy (non-hydrogen) atoms. The number of nitrogens with zero attached hydrogens (tertiary/aromatic N) is 3. The third-order valence-electron chi connectivity index (χ3n) is 2.26. The van der Waals surface area contributed by atoms with E-state index in [1.54, 1.807) is 29.2 Å². The Morgan fingerprint density at radius 2 is 2.24 bits per heavy atom. The minimum atomic E-state index is -0.417. The lowest BCUT2D eigenvalue weighted by Gasteiger charge is -2.11. The fraction of sp³-hybridized carbons (Fsp3) is 0.200. The predicted molar refractivity (Wildman–Crippen MR) is 67.6 cm³/mol. The molecule has 0 radical (unpaired) electrons. The van der Waals surface area contributed by atoms with E-state index in [4.69, 9.17) is 22.4 Å². The second kappa shape index (κ2) is 5.97. The maximum Gasteiger partial charge on any atom is 0.138 e. The Kier molecular flexibility index (Phi) is 4.89. The highest BCUT2D eigenvalue weighted by Gasteiger charge is 2.09. The minimum Gasteiger partial charge on any atom is -0.394 e. The number of aromatic nitrogens is 3. The van der Waals surface area contributed by atoms with Crippen LogP contribution >= 0.6 is 24.0 Å². The molecule has 2 aromatic rings. The summed E-state index contributed by atoms with van der Waals surface area (Å²) in [6.07, 6.45) is 2.98. The molecular weight excluding hydrogens is 263 g/mol. The molecule has 7 heteroatoms. The Morgan fingerprint density at radius 1 is 1.47 bits per heavy atom. The van der Waals surface area contributed by atoms with Crippen LogP contribution < -0.4 is 5.73 Å². The average Bonchev–Trinajstić information content (AvgIpc) is 2.82. The molecule has 92 valence electrons. The van der Waals surface area contributed by atoms with Gasteiger partial charge in [0.25, 0.3) is 0 Å². The van der Waals surface area contributed by atoms with Gasteiger partial charge in [0.05, 0.1) is 23.4 Å². The van der Waals surface area contributed by atoms with E-state index in [1.165, 1.54) is 6.33 Å². The van der Waals surface area contributed by atoms with E-state index < -0.39 is 6.04 Å². The van der Waals surface area contributed by atoms with Crippen LogP contribution in [0.5, 0.6) is 0 Å². The first kappa shape index (κ1) is 13.9. The predicted octanol–water partition coefficient (Wildman–Crippen LogP) is 1.33. The van der Waals surface area contributed by atoms with Crippen LogP contribution in [-0.2, 0) is 0 Å². The number of aliphatic hydroxyl groups is 1. The quantitative estimate of drug-likeness (QED) is 0.886. The number of benzene rings is 1. The van der Waals surface area contributed by atoms with Gasteiger partial charge >= 0.3 is 0 Å². The number of nitrogens with two attached hydrogens (primary N) is 1. The standard InChI is InChI=1S/C10H11ClN4O.ClH/c11-8-2-1-7(9(12)4-16)3-10(8)15-6-13-5-14-15;/h1-3,5-6,9,16H,4,12H2;1H/t9-;/m1./s1. The summed E-state index contributed by atoms with van der Waals surface area (Å²) in [4.78, 5) is 3.85. The zero-order valence-electron chi connectivity index (χ0n) is 8.82. The molecule has 0 spiro atoms. The van der Waals surface area contributed by atoms with E-state index in [9.17, 15) is 0 Å². The lowest BCUT2D eigenvalue weighted by Crippen LogP contribution is -2.14. The largest absolute Gasteiger partial charge is 0.394 e. The maximum atomic E-state index is 8.99. The van der Waals surface area contributed by atoms with Crippen molar-refractivity contribution in [3.05, 3.63) is 41.4 Å². The third-order valence-corrected chi connectivity index (χ3v) is 2.58. The Balaban J connectivity index is 0.00000144. The van der Waals surface area contributed by atoms with E-state index in [0.717, 1.165) is 5.56 Å². The van der Waals surface area contributed by atoms with Crippen LogP contribution in [0, 0.1) is 0 Å². The van der Waals surface area contributed by atoms with Crippen LogP contribution in [0.3, 0.4) is 0 Å². The van der Waals surface area contributed by atoms with Crippen LogP contribution in [0.1, 0.15) is 11.6 Å². The molecule has 5 nitrogen and oxygen atoms in total. The van der Waals surface area contributed by atoms with Gasteiger partial charge in [-0.2, -0.15) is 5.10 Å². The molecule has 0 fully saturated rings. The zero-order valence-corrected chi connectivity index (χ0v) is 10.4. The molecule has 1 heterocycles. The second-order valence-corrected chi connectivity index (χ2v) is 3.75. The molecule has 0 saturated carbocycles. The highest BCUT2D eigenvalue weighted by atomic mass is 35.5. The van der Waals surface area contributed by atoms with Crippen LogP contribution in [0.4, 0.5) is 0 Å². The van der Waals surface area contributed by atoms with Crippen molar-refractivity contribution in [1.82, 2.24) is 14.8 Å². The van der Waals surface area contributed by atoms with Crippen LogP contribution in [0.25, 0.3) is 5.69 Å². The Labute approximate surface area is 110 Å². The van der Waals surface area contributed by atoms with E-state index in [0.29, 0.717) is 10.7 Å². The van der Waals surface area contributed by atoms with Crippen molar-refractivity contribution < 1.29 is 5.11 Å². The molecule has 0 aliphatic rings. The highest BCUT2D eigenvalue weighted by molar-refractivity contribution is 6.32. The smallest absolute Gasteiger partial charge is 0.138 e. The van der Waals surface area contributed by atoms with Gasteiger partial charge in [-0.25, -0.2) is 9.67 Å². The van der Waals surface area contributed by atoms with Crippen LogP contribution in [-0.4, -0.2) is 26.5 Å². The molecule has 0 aliphatic carbocycles. The van der Waals surface area contributed by atoms with Gasteiger partial charge in [0.15, 0.2) is 0 Å². The fourth-order valence-electron chi connectivity index (χ4n) is 1.37. The van der Waals surface area contributed by atoms with Gasteiger partial charge in [-0.3, -0.25) is 0 Å². The van der Waals surface area contributed by atoms with Crippen molar-refractivity contribution in [3.8, 4) is 5.69 Å². The van der Waals surface area contributed by atoms with Crippen molar-refractivity contribution in [2.75, 3.05) is 6.61 Å². The summed E-state index contributed by atoms with van der Waals surface area (Å²) < 4.78 is 1.55. The van der Waals surface area contributed by atoms with Gasteiger partial charge in [-0.1, -0.05) is 17.7 Å². The normalized spacial score (nSPS) is 11.9. The van der Waals surface area contributed by atoms with Gasteiger partial charge in [-0.05, 0) is 17.7 Å². The molecule has 1 aromatic heterocycles. The summed E-state index contributed by atoms with van der Waals surface area (Å²) in [7, 11) is 0. The van der Waals surface area contributed by atoms with E-state index >= 15 is 0 Å². The van der Waals surface area contributed by atoms with Gasteiger partial charge in [0, 0.05) is 0 Å².